The molecule has 0 aliphatic rings. The Labute approximate surface area is 125 Å². The van der Waals surface area contributed by atoms with Gasteiger partial charge in [-0.15, -0.1) is 0 Å². The van der Waals surface area contributed by atoms with Crippen molar-refractivity contribution in [3.8, 4) is 0 Å². The van der Waals surface area contributed by atoms with Crippen LogP contribution in [0.1, 0.15) is 37.8 Å². The summed E-state index contributed by atoms with van der Waals surface area (Å²) in [5.41, 5.74) is 3.76. The van der Waals surface area contributed by atoms with Gasteiger partial charge in [-0.05, 0) is 46.7 Å². The van der Waals surface area contributed by atoms with Gasteiger partial charge in [-0.3, -0.25) is 9.97 Å². The Morgan fingerprint density at radius 1 is 0.905 bits per heavy atom. The highest BCUT2D eigenvalue weighted by molar-refractivity contribution is 5.82. The molecule has 21 heavy (non-hydrogen) atoms. The summed E-state index contributed by atoms with van der Waals surface area (Å²) in [5.74, 6) is 0.382. The second-order valence-electron chi connectivity index (χ2n) is 6.10. The second kappa shape index (κ2) is 5.28. The summed E-state index contributed by atoms with van der Waals surface area (Å²) in [6.07, 6.45) is 5.65. The Hall–Kier alpha value is -2.22. The number of hydrogen-bond donors (Lipinski definition) is 0. The lowest BCUT2D eigenvalue weighted by Crippen LogP contribution is -2.25. The third-order valence-electron chi connectivity index (χ3n) is 4.66. The molecule has 0 saturated carbocycles. The van der Waals surface area contributed by atoms with Gasteiger partial charge in [-0.1, -0.05) is 39.0 Å². The van der Waals surface area contributed by atoms with E-state index in [0.717, 1.165) is 5.52 Å². The number of hydrogen-bond acceptors (Lipinski definition) is 2. The fourth-order valence-corrected chi connectivity index (χ4v) is 2.92. The van der Waals surface area contributed by atoms with E-state index in [1.54, 1.807) is 0 Å². The molecule has 2 heteroatoms. The van der Waals surface area contributed by atoms with Gasteiger partial charge in [-0.25, -0.2) is 0 Å². The molecule has 0 aliphatic heterocycles. The molecule has 1 aromatic carbocycles. The van der Waals surface area contributed by atoms with E-state index < -0.39 is 0 Å². The molecule has 0 aliphatic carbocycles. The number of benzene rings is 1. The molecule has 3 aromatic rings. The first-order valence-electron chi connectivity index (χ1n) is 7.35. The van der Waals surface area contributed by atoms with Crippen LogP contribution in [0.25, 0.3) is 10.9 Å². The molecular weight excluding hydrogens is 256 g/mol. The van der Waals surface area contributed by atoms with E-state index in [4.69, 9.17) is 0 Å². The lowest BCUT2D eigenvalue weighted by atomic mass is 9.71. The van der Waals surface area contributed by atoms with Gasteiger partial charge in [0.15, 0.2) is 0 Å². The predicted octanol–water partition coefficient (Wildman–Crippen LogP) is 4.71. The zero-order chi connectivity index (χ0) is 14.9. The Balaban J connectivity index is 2.10. The molecular formula is C19H20N2. The van der Waals surface area contributed by atoms with Crippen LogP contribution in [0.4, 0.5) is 0 Å². The largest absolute Gasteiger partial charge is 0.265 e. The molecule has 2 nitrogen and oxygen atoms in total. The lowest BCUT2D eigenvalue weighted by molar-refractivity contribution is 0.438. The van der Waals surface area contributed by atoms with Gasteiger partial charge in [0.2, 0.25) is 0 Å². The third-order valence-corrected chi connectivity index (χ3v) is 4.66. The minimum absolute atomic E-state index is 0.0348. The molecule has 0 N–H and O–H groups in total. The summed E-state index contributed by atoms with van der Waals surface area (Å²) in [6, 6.07) is 14.7. The molecule has 3 rings (SSSR count). The van der Waals surface area contributed by atoms with E-state index in [9.17, 15) is 0 Å². The van der Waals surface area contributed by atoms with Crippen molar-refractivity contribution in [3.63, 3.8) is 0 Å². The van der Waals surface area contributed by atoms with Gasteiger partial charge in [0.25, 0.3) is 0 Å². The number of fused-ring (bicyclic) bond motifs is 1. The van der Waals surface area contributed by atoms with Crippen LogP contribution in [0.5, 0.6) is 0 Å². The van der Waals surface area contributed by atoms with Crippen LogP contribution in [0, 0.1) is 0 Å². The van der Waals surface area contributed by atoms with Crippen LogP contribution >= 0.6 is 0 Å². The first kappa shape index (κ1) is 13.7. The molecule has 0 radical (unpaired) electrons. The maximum absolute atomic E-state index is 4.47. The van der Waals surface area contributed by atoms with Crippen molar-refractivity contribution in [2.75, 3.05) is 0 Å². The minimum atomic E-state index is 0.0348. The number of nitrogens with zero attached hydrogens (tertiary/aromatic N) is 2. The van der Waals surface area contributed by atoms with Crippen molar-refractivity contribution in [1.82, 2.24) is 9.97 Å². The molecule has 1 atom stereocenters. The Bertz CT molecular complexity index is 742. The normalized spacial score (nSPS) is 13.3. The SMILES string of the molecule is CC(c1ccnc2ccccc12)C(C)(C)c1ccncc1. The number of pyridine rings is 2. The molecule has 0 saturated heterocycles. The standard InChI is InChI=1S/C19H20N2/c1-14(19(2,3)15-8-11-20-12-9-15)16-10-13-21-18-7-5-4-6-17(16)18/h4-14H,1-3H3. The Morgan fingerprint density at radius 2 is 1.62 bits per heavy atom. The van der Waals surface area contributed by atoms with E-state index in [-0.39, 0.29) is 5.41 Å². The molecule has 2 heterocycles. The number of para-hydroxylation sites is 1. The fourth-order valence-electron chi connectivity index (χ4n) is 2.92. The predicted molar refractivity (Wildman–Crippen MR) is 87.4 cm³/mol. The molecule has 2 aromatic heterocycles. The van der Waals surface area contributed by atoms with Crippen molar-refractivity contribution in [2.45, 2.75) is 32.1 Å². The van der Waals surface area contributed by atoms with Crippen LogP contribution in [0.2, 0.25) is 0 Å². The van der Waals surface area contributed by atoms with Crippen molar-refractivity contribution in [1.29, 1.82) is 0 Å². The highest BCUT2D eigenvalue weighted by atomic mass is 14.6. The molecule has 0 bridgehead atoms. The van der Waals surface area contributed by atoms with Gasteiger partial charge in [0.1, 0.15) is 0 Å². The van der Waals surface area contributed by atoms with Gasteiger partial charge >= 0.3 is 0 Å². The van der Waals surface area contributed by atoms with Gasteiger partial charge in [0.05, 0.1) is 5.52 Å². The van der Waals surface area contributed by atoms with Gasteiger partial charge in [-0.2, -0.15) is 0 Å². The van der Waals surface area contributed by atoms with E-state index in [1.807, 2.05) is 24.7 Å². The second-order valence-corrected chi connectivity index (χ2v) is 6.10. The minimum Gasteiger partial charge on any atom is -0.265 e. The zero-order valence-electron chi connectivity index (χ0n) is 12.7. The van der Waals surface area contributed by atoms with Crippen molar-refractivity contribution >= 4 is 10.9 Å². The Kier molecular flexibility index (Phi) is 3.46. The molecule has 0 spiro atoms. The average Bonchev–Trinajstić information content (AvgIpc) is 2.54. The fraction of sp³-hybridized carbons (Fsp3) is 0.263. The maximum Gasteiger partial charge on any atom is 0.0704 e. The van der Waals surface area contributed by atoms with Crippen LogP contribution in [-0.2, 0) is 5.41 Å². The highest BCUT2D eigenvalue weighted by Crippen LogP contribution is 2.40. The third kappa shape index (κ3) is 2.42. The molecule has 0 fully saturated rings. The number of rotatable bonds is 3. The van der Waals surface area contributed by atoms with Gasteiger partial charge in [0, 0.05) is 24.0 Å². The van der Waals surface area contributed by atoms with Gasteiger partial charge < -0.3 is 0 Å². The van der Waals surface area contributed by atoms with Crippen LogP contribution in [-0.4, -0.2) is 9.97 Å². The van der Waals surface area contributed by atoms with E-state index >= 15 is 0 Å². The zero-order valence-corrected chi connectivity index (χ0v) is 12.7. The first-order valence-corrected chi connectivity index (χ1v) is 7.35. The molecule has 106 valence electrons. The van der Waals surface area contributed by atoms with Crippen LogP contribution < -0.4 is 0 Å². The van der Waals surface area contributed by atoms with Crippen molar-refractivity contribution in [2.24, 2.45) is 0 Å². The number of aromatic nitrogens is 2. The lowest BCUT2D eigenvalue weighted by Gasteiger charge is -2.33. The summed E-state index contributed by atoms with van der Waals surface area (Å²) in [7, 11) is 0. The summed E-state index contributed by atoms with van der Waals surface area (Å²) in [5, 5.41) is 1.25. The summed E-state index contributed by atoms with van der Waals surface area (Å²) < 4.78 is 0. The van der Waals surface area contributed by atoms with E-state index in [2.05, 4.69) is 67.1 Å². The topological polar surface area (TPSA) is 25.8 Å². The van der Waals surface area contributed by atoms with Crippen molar-refractivity contribution < 1.29 is 0 Å². The summed E-state index contributed by atoms with van der Waals surface area (Å²) in [6.45, 7) is 6.88. The Morgan fingerprint density at radius 3 is 2.38 bits per heavy atom. The van der Waals surface area contributed by atoms with Crippen LogP contribution in [0.15, 0.2) is 61.1 Å². The molecule has 1 unspecified atom stereocenters. The van der Waals surface area contributed by atoms with Crippen molar-refractivity contribution in [3.05, 3.63) is 72.2 Å². The summed E-state index contributed by atoms with van der Waals surface area (Å²) in [4.78, 5) is 8.60. The average molecular weight is 276 g/mol. The quantitative estimate of drug-likeness (QED) is 0.692. The smallest absolute Gasteiger partial charge is 0.0704 e. The summed E-state index contributed by atoms with van der Waals surface area (Å²) >= 11 is 0. The molecule has 0 amide bonds. The monoisotopic (exact) mass is 276 g/mol. The maximum atomic E-state index is 4.47. The van der Waals surface area contributed by atoms with E-state index in [0.29, 0.717) is 5.92 Å². The van der Waals surface area contributed by atoms with Crippen LogP contribution in [0.3, 0.4) is 0 Å². The first-order chi connectivity index (χ1) is 10.1. The van der Waals surface area contributed by atoms with E-state index in [1.165, 1.54) is 16.5 Å². The highest BCUT2D eigenvalue weighted by Gasteiger charge is 2.30.